The molecule has 0 aromatic rings. The normalized spacial score (nSPS) is 14.8. The van der Waals surface area contributed by atoms with Crippen LogP contribution in [0.25, 0.3) is 0 Å². The van der Waals surface area contributed by atoms with Crippen molar-refractivity contribution in [1.29, 1.82) is 0 Å². The van der Waals surface area contributed by atoms with Crippen molar-refractivity contribution in [2.45, 2.75) is 49.4 Å². The summed E-state index contributed by atoms with van der Waals surface area (Å²) in [5.41, 5.74) is 0. The van der Waals surface area contributed by atoms with Gasteiger partial charge in [-0.3, -0.25) is 4.79 Å². The van der Waals surface area contributed by atoms with E-state index in [1.807, 2.05) is 0 Å². The minimum Gasteiger partial charge on any atom is -0.459 e. The maximum atomic E-state index is 13.1. The summed E-state index contributed by atoms with van der Waals surface area (Å²) < 4.78 is 156. The fourth-order valence-corrected chi connectivity index (χ4v) is 1.26. The molecular formula is C11H9F12O2. The number of hydrogen-bond donors (Lipinski definition) is 0. The van der Waals surface area contributed by atoms with E-state index in [9.17, 15) is 57.5 Å². The van der Waals surface area contributed by atoms with Crippen LogP contribution in [0.2, 0.25) is 0 Å². The van der Waals surface area contributed by atoms with Crippen LogP contribution in [0, 0.1) is 6.42 Å². The van der Waals surface area contributed by atoms with Crippen molar-refractivity contribution >= 4 is 5.97 Å². The molecule has 0 fully saturated rings. The van der Waals surface area contributed by atoms with Gasteiger partial charge in [-0.15, -0.1) is 0 Å². The lowest BCUT2D eigenvalue weighted by Crippen LogP contribution is -2.69. The minimum atomic E-state index is -7.62. The quantitative estimate of drug-likeness (QED) is 0.418. The van der Waals surface area contributed by atoms with Gasteiger partial charge in [0.1, 0.15) is 0 Å². The van der Waals surface area contributed by atoms with Crippen LogP contribution in [-0.4, -0.2) is 48.6 Å². The van der Waals surface area contributed by atoms with E-state index in [4.69, 9.17) is 0 Å². The Morgan fingerprint density at radius 1 is 0.880 bits per heavy atom. The second-order valence-electron chi connectivity index (χ2n) is 4.62. The Kier molecular flexibility index (Phi) is 6.71. The lowest BCUT2D eigenvalue weighted by Gasteiger charge is -2.38. The van der Waals surface area contributed by atoms with Crippen LogP contribution < -0.4 is 0 Å². The number of carbonyl (C=O) groups is 1. The molecule has 0 amide bonds. The molecule has 0 aromatic carbocycles. The zero-order valence-electron chi connectivity index (χ0n) is 11.9. The number of carbonyl (C=O) groups excluding carboxylic acids is 1. The molecule has 0 rings (SSSR count). The fraction of sp³-hybridized carbons (Fsp3) is 0.818. The van der Waals surface area contributed by atoms with Gasteiger partial charge in [0.2, 0.25) is 0 Å². The molecule has 0 N–H and O–H groups in total. The molecule has 14 heteroatoms. The monoisotopic (exact) mass is 401 g/mol. The van der Waals surface area contributed by atoms with Gasteiger partial charge >= 0.3 is 42.0 Å². The highest BCUT2D eigenvalue weighted by Gasteiger charge is 2.87. The number of halogens is 12. The first-order chi connectivity index (χ1) is 10.9. The first kappa shape index (κ1) is 23.6. The number of hydrogen-bond acceptors (Lipinski definition) is 2. The minimum absolute atomic E-state index is 0.752. The van der Waals surface area contributed by atoms with E-state index in [1.54, 1.807) is 0 Å². The highest BCUT2D eigenvalue weighted by atomic mass is 19.4. The van der Waals surface area contributed by atoms with E-state index in [0.29, 0.717) is 0 Å². The first-order valence-corrected chi connectivity index (χ1v) is 6.00. The van der Waals surface area contributed by atoms with E-state index < -0.39 is 55.0 Å². The van der Waals surface area contributed by atoms with E-state index in [1.165, 1.54) is 6.92 Å². The van der Waals surface area contributed by atoms with Crippen molar-refractivity contribution in [3.8, 4) is 0 Å². The van der Waals surface area contributed by atoms with Crippen LogP contribution >= 0.6 is 0 Å². The molecule has 2 nitrogen and oxygen atoms in total. The summed E-state index contributed by atoms with van der Waals surface area (Å²) in [6.45, 7) is -1.70. The highest BCUT2D eigenvalue weighted by molar-refractivity contribution is 5.70. The van der Waals surface area contributed by atoms with Gasteiger partial charge in [0.05, 0.1) is 0 Å². The topological polar surface area (TPSA) is 26.3 Å². The largest absolute Gasteiger partial charge is 0.459 e. The van der Waals surface area contributed by atoms with E-state index in [2.05, 4.69) is 4.74 Å². The summed E-state index contributed by atoms with van der Waals surface area (Å²) in [6, 6.07) is 0. The van der Waals surface area contributed by atoms with Crippen LogP contribution in [0.15, 0.2) is 0 Å². The van der Waals surface area contributed by atoms with Crippen molar-refractivity contribution in [2.75, 3.05) is 6.61 Å². The van der Waals surface area contributed by atoms with Gasteiger partial charge in [-0.1, -0.05) is 6.92 Å². The number of esters is 1. The number of alkyl halides is 12. The van der Waals surface area contributed by atoms with Crippen molar-refractivity contribution in [2.24, 2.45) is 0 Å². The third kappa shape index (κ3) is 3.91. The van der Waals surface area contributed by atoms with Crippen molar-refractivity contribution < 1.29 is 62.2 Å². The average Bonchev–Trinajstić information content (AvgIpc) is 2.44. The molecule has 1 radical (unpaired) electrons. The Hall–Kier alpha value is -1.37. The maximum absolute atomic E-state index is 13.1. The average molecular weight is 401 g/mol. The SMILES string of the molecule is C[CH]CC(=O)OCC(F)(F)C(F)(F)C(F)(F)C(F)(F)C(F)(F)C(F)F. The summed E-state index contributed by atoms with van der Waals surface area (Å²) in [5.74, 6) is -37.4. The molecule has 0 aliphatic rings. The van der Waals surface area contributed by atoms with E-state index in [0.717, 1.165) is 6.42 Å². The van der Waals surface area contributed by atoms with E-state index >= 15 is 0 Å². The zero-order valence-corrected chi connectivity index (χ0v) is 11.9. The summed E-state index contributed by atoms with van der Waals surface area (Å²) >= 11 is 0. The molecule has 0 aliphatic heterocycles. The Labute approximate surface area is 132 Å². The molecule has 0 aromatic heterocycles. The molecule has 0 heterocycles. The second kappa shape index (κ2) is 7.09. The highest BCUT2D eigenvalue weighted by Crippen LogP contribution is 2.58. The number of rotatable bonds is 9. The van der Waals surface area contributed by atoms with Gasteiger partial charge in [-0.2, -0.15) is 43.9 Å². The third-order valence-corrected chi connectivity index (χ3v) is 2.73. The lowest BCUT2D eigenvalue weighted by molar-refractivity contribution is -0.414. The summed E-state index contributed by atoms with van der Waals surface area (Å²) in [6.07, 6.45) is -5.35. The standard InChI is InChI=1S/C11H9F12O2/c1-2-3-5(24)25-4-7(14,15)9(18,19)11(22,23)10(20,21)8(16,17)6(12)13/h2,6H,3-4H2,1H3. The van der Waals surface area contributed by atoms with Crippen molar-refractivity contribution in [3.05, 3.63) is 6.42 Å². The molecular weight excluding hydrogens is 392 g/mol. The maximum Gasteiger partial charge on any atom is 0.384 e. The molecule has 0 saturated heterocycles. The molecule has 25 heavy (non-hydrogen) atoms. The third-order valence-electron chi connectivity index (χ3n) is 2.73. The van der Waals surface area contributed by atoms with Gasteiger partial charge < -0.3 is 4.74 Å². The van der Waals surface area contributed by atoms with Gasteiger partial charge in [0, 0.05) is 6.42 Å². The molecule has 149 valence electrons. The molecule has 0 unspecified atom stereocenters. The van der Waals surface area contributed by atoms with Crippen LogP contribution in [0.5, 0.6) is 0 Å². The van der Waals surface area contributed by atoms with Gasteiger partial charge in [-0.25, -0.2) is 8.78 Å². The van der Waals surface area contributed by atoms with Gasteiger partial charge in [0.15, 0.2) is 6.61 Å². The molecule has 0 spiro atoms. The second-order valence-corrected chi connectivity index (χ2v) is 4.62. The molecule has 0 aliphatic carbocycles. The predicted octanol–water partition coefficient (Wildman–Crippen LogP) is 4.59. The Balaban J connectivity index is 5.75. The summed E-state index contributed by atoms with van der Waals surface area (Å²) in [7, 11) is 0. The summed E-state index contributed by atoms with van der Waals surface area (Å²) in [5, 5.41) is 0. The Morgan fingerprint density at radius 3 is 1.68 bits per heavy atom. The van der Waals surface area contributed by atoms with Crippen molar-refractivity contribution in [3.63, 3.8) is 0 Å². The molecule has 0 saturated carbocycles. The Morgan fingerprint density at radius 2 is 1.32 bits per heavy atom. The van der Waals surface area contributed by atoms with Crippen LogP contribution in [0.4, 0.5) is 52.7 Å². The smallest absolute Gasteiger partial charge is 0.384 e. The zero-order chi connectivity index (χ0) is 20.5. The predicted molar refractivity (Wildman–Crippen MR) is 56.3 cm³/mol. The molecule has 0 bridgehead atoms. The van der Waals surface area contributed by atoms with Gasteiger partial charge in [0.25, 0.3) is 0 Å². The lowest BCUT2D eigenvalue weighted by atomic mass is 9.94. The van der Waals surface area contributed by atoms with Gasteiger partial charge in [-0.05, 0) is 6.42 Å². The summed E-state index contributed by atoms with van der Waals surface area (Å²) in [4.78, 5) is 10.7. The Bertz CT molecular complexity index is 474. The van der Waals surface area contributed by atoms with Crippen molar-refractivity contribution in [1.82, 2.24) is 0 Å². The van der Waals surface area contributed by atoms with Crippen LogP contribution in [0.3, 0.4) is 0 Å². The number of ether oxygens (including phenoxy) is 1. The van der Waals surface area contributed by atoms with E-state index in [-0.39, 0.29) is 0 Å². The fourth-order valence-electron chi connectivity index (χ4n) is 1.26. The van der Waals surface area contributed by atoms with Crippen LogP contribution in [-0.2, 0) is 9.53 Å². The van der Waals surface area contributed by atoms with Crippen LogP contribution in [0.1, 0.15) is 13.3 Å². The molecule has 0 atom stereocenters. The first-order valence-electron chi connectivity index (χ1n) is 6.00.